The van der Waals surface area contributed by atoms with Crippen molar-refractivity contribution in [3.8, 4) is 0 Å². The number of anilines is 1. The van der Waals surface area contributed by atoms with Crippen molar-refractivity contribution in [3.63, 3.8) is 0 Å². The summed E-state index contributed by atoms with van der Waals surface area (Å²) in [4.78, 5) is 0. The van der Waals surface area contributed by atoms with Crippen LogP contribution in [0, 0.1) is 5.92 Å². The van der Waals surface area contributed by atoms with Crippen LogP contribution in [0.1, 0.15) is 24.8 Å². The van der Waals surface area contributed by atoms with Crippen LogP contribution < -0.4 is 5.32 Å². The smallest absolute Gasteiger partial charge is 0.385 e. The van der Waals surface area contributed by atoms with Gasteiger partial charge < -0.3 is 5.32 Å². The molecule has 5 heteroatoms. The fourth-order valence-electron chi connectivity index (χ4n) is 2.24. The van der Waals surface area contributed by atoms with Crippen LogP contribution in [0.15, 0.2) is 24.3 Å². The molecule has 1 fully saturated rings. The van der Waals surface area contributed by atoms with Crippen LogP contribution in [-0.4, -0.2) is 11.9 Å². The highest BCUT2D eigenvalue weighted by molar-refractivity contribution is 6.20. The SMILES string of the molecule is FC(F)(F)c1ccc(NCC2CCC(Cl)C2)cc1. The second-order valence-electron chi connectivity index (χ2n) is 4.73. The van der Waals surface area contributed by atoms with E-state index in [0.717, 1.165) is 43.6 Å². The number of rotatable bonds is 3. The summed E-state index contributed by atoms with van der Waals surface area (Å²) in [7, 11) is 0. The summed E-state index contributed by atoms with van der Waals surface area (Å²) in [5, 5.41) is 3.41. The minimum absolute atomic E-state index is 0.254. The molecule has 1 nitrogen and oxygen atoms in total. The molecule has 1 aliphatic carbocycles. The van der Waals surface area contributed by atoms with E-state index in [1.807, 2.05) is 0 Å². The van der Waals surface area contributed by atoms with Gasteiger partial charge in [0.05, 0.1) is 5.56 Å². The molecule has 2 rings (SSSR count). The van der Waals surface area contributed by atoms with Crippen molar-refractivity contribution in [1.82, 2.24) is 0 Å². The second kappa shape index (κ2) is 5.39. The molecule has 1 aliphatic rings. The van der Waals surface area contributed by atoms with Crippen LogP contribution in [0.5, 0.6) is 0 Å². The highest BCUT2D eigenvalue weighted by Crippen LogP contribution is 2.31. The first-order chi connectivity index (χ1) is 8.45. The standard InChI is InChI=1S/C13H15ClF3N/c14-11-4-1-9(7-11)8-18-12-5-2-10(3-6-12)13(15,16)17/h2-3,5-6,9,11,18H,1,4,7-8H2. The lowest BCUT2D eigenvalue weighted by atomic mass is 10.1. The Hall–Kier alpha value is -0.900. The fraction of sp³-hybridized carbons (Fsp3) is 0.538. The van der Waals surface area contributed by atoms with E-state index in [4.69, 9.17) is 11.6 Å². The van der Waals surface area contributed by atoms with Crippen LogP contribution >= 0.6 is 11.6 Å². The molecule has 2 unspecified atom stereocenters. The van der Waals surface area contributed by atoms with E-state index in [2.05, 4.69) is 5.32 Å². The Morgan fingerprint density at radius 3 is 2.33 bits per heavy atom. The highest BCUT2D eigenvalue weighted by atomic mass is 35.5. The lowest BCUT2D eigenvalue weighted by Gasteiger charge is -2.13. The second-order valence-corrected chi connectivity index (χ2v) is 5.35. The molecular formula is C13H15ClF3N. The summed E-state index contributed by atoms with van der Waals surface area (Å²) in [5.74, 6) is 0.523. The number of hydrogen-bond acceptors (Lipinski definition) is 1. The molecule has 18 heavy (non-hydrogen) atoms. The first-order valence-electron chi connectivity index (χ1n) is 6.00. The van der Waals surface area contributed by atoms with E-state index >= 15 is 0 Å². The molecule has 1 aromatic carbocycles. The highest BCUT2D eigenvalue weighted by Gasteiger charge is 2.30. The first-order valence-corrected chi connectivity index (χ1v) is 6.44. The Labute approximate surface area is 109 Å². The molecule has 100 valence electrons. The van der Waals surface area contributed by atoms with Crippen LogP contribution in [0.3, 0.4) is 0 Å². The van der Waals surface area contributed by atoms with Gasteiger partial charge in [0.25, 0.3) is 0 Å². The summed E-state index contributed by atoms with van der Waals surface area (Å²) >= 11 is 6.01. The Morgan fingerprint density at radius 1 is 1.17 bits per heavy atom. The Kier molecular flexibility index (Phi) is 4.05. The Bertz CT molecular complexity index is 388. The minimum Gasteiger partial charge on any atom is -0.385 e. The molecule has 1 aromatic rings. The summed E-state index contributed by atoms with van der Waals surface area (Å²) in [6.45, 7) is 0.772. The average Bonchev–Trinajstić information content (AvgIpc) is 2.72. The summed E-state index contributed by atoms with van der Waals surface area (Å²) < 4.78 is 37.1. The van der Waals surface area contributed by atoms with Gasteiger partial charge in [-0.25, -0.2) is 0 Å². The summed E-state index contributed by atoms with van der Waals surface area (Å²) in [6, 6.07) is 5.13. The maximum atomic E-state index is 12.4. The number of hydrogen-bond donors (Lipinski definition) is 1. The van der Waals surface area contributed by atoms with Gasteiger partial charge in [0.2, 0.25) is 0 Å². The molecule has 0 spiro atoms. The van der Waals surface area contributed by atoms with Gasteiger partial charge in [0.15, 0.2) is 0 Å². The lowest BCUT2D eigenvalue weighted by Crippen LogP contribution is -2.12. The van der Waals surface area contributed by atoms with E-state index < -0.39 is 11.7 Å². The van der Waals surface area contributed by atoms with Gasteiger partial charge in [-0.2, -0.15) is 13.2 Å². The van der Waals surface area contributed by atoms with Gasteiger partial charge in [-0.3, -0.25) is 0 Å². The topological polar surface area (TPSA) is 12.0 Å². The maximum absolute atomic E-state index is 12.4. The zero-order valence-corrected chi connectivity index (χ0v) is 10.6. The minimum atomic E-state index is -4.27. The first kappa shape index (κ1) is 13.5. The zero-order chi connectivity index (χ0) is 13.2. The zero-order valence-electron chi connectivity index (χ0n) is 9.80. The van der Waals surface area contributed by atoms with Crippen molar-refractivity contribution in [2.45, 2.75) is 30.8 Å². The molecule has 1 N–H and O–H groups in total. The van der Waals surface area contributed by atoms with Crippen LogP contribution in [0.2, 0.25) is 0 Å². The van der Waals surface area contributed by atoms with Crippen LogP contribution in [-0.2, 0) is 6.18 Å². The van der Waals surface area contributed by atoms with Gasteiger partial charge in [-0.1, -0.05) is 0 Å². The molecule has 0 saturated heterocycles. The van der Waals surface area contributed by atoms with Crippen LogP contribution in [0.4, 0.5) is 18.9 Å². The summed E-state index contributed by atoms with van der Waals surface area (Å²) in [6.07, 6.45) is -1.17. The Morgan fingerprint density at radius 2 is 1.83 bits per heavy atom. The van der Waals surface area contributed by atoms with Crippen molar-refractivity contribution >= 4 is 17.3 Å². The van der Waals surface area contributed by atoms with E-state index in [1.54, 1.807) is 0 Å². The molecule has 0 radical (unpaired) electrons. The average molecular weight is 278 g/mol. The predicted molar refractivity (Wildman–Crippen MR) is 66.9 cm³/mol. The van der Waals surface area contributed by atoms with Crippen LogP contribution in [0.25, 0.3) is 0 Å². The van der Waals surface area contributed by atoms with Crippen molar-refractivity contribution in [3.05, 3.63) is 29.8 Å². The molecule has 1 saturated carbocycles. The third-order valence-electron chi connectivity index (χ3n) is 3.28. The van der Waals surface area contributed by atoms with E-state index in [0.29, 0.717) is 5.92 Å². The van der Waals surface area contributed by atoms with Crippen molar-refractivity contribution in [2.24, 2.45) is 5.92 Å². The monoisotopic (exact) mass is 277 g/mol. The molecule has 0 amide bonds. The predicted octanol–water partition coefficient (Wildman–Crippen LogP) is 4.52. The van der Waals surface area contributed by atoms with E-state index in [1.165, 1.54) is 12.1 Å². The van der Waals surface area contributed by atoms with E-state index in [-0.39, 0.29) is 5.38 Å². The van der Waals surface area contributed by atoms with Crippen molar-refractivity contribution < 1.29 is 13.2 Å². The maximum Gasteiger partial charge on any atom is 0.416 e. The van der Waals surface area contributed by atoms with Gasteiger partial charge >= 0.3 is 6.18 Å². The number of alkyl halides is 4. The number of benzene rings is 1. The van der Waals surface area contributed by atoms with E-state index in [9.17, 15) is 13.2 Å². The normalized spacial score (nSPS) is 24.2. The van der Waals surface area contributed by atoms with Crippen molar-refractivity contribution in [1.29, 1.82) is 0 Å². The molecule has 0 aromatic heterocycles. The number of halogens is 4. The molecular weight excluding hydrogens is 263 g/mol. The lowest BCUT2D eigenvalue weighted by molar-refractivity contribution is -0.137. The van der Waals surface area contributed by atoms with Gasteiger partial charge in [-0.15, -0.1) is 11.6 Å². The summed E-state index contributed by atoms with van der Waals surface area (Å²) in [5.41, 5.74) is 0.107. The largest absolute Gasteiger partial charge is 0.416 e. The Balaban J connectivity index is 1.87. The molecule has 2 atom stereocenters. The van der Waals surface area contributed by atoms with Gasteiger partial charge in [-0.05, 0) is 49.4 Å². The molecule has 0 aliphatic heterocycles. The quantitative estimate of drug-likeness (QED) is 0.801. The molecule has 0 bridgehead atoms. The molecule has 0 heterocycles. The van der Waals surface area contributed by atoms with Gasteiger partial charge in [0, 0.05) is 17.6 Å². The van der Waals surface area contributed by atoms with Gasteiger partial charge in [0.1, 0.15) is 0 Å². The third-order valence-corrected chi connectivity index (χ3v) is 3.68. The fourth-order valence-corrected chi connectivity index (χ4v) is 2.62. The third kappa shape index (κ3) is 3.55. The number of nitrogens with one attached hydrogen (secondary N) is 1. The van der Waals surface area contributed by atoms with Crippen molar-refractivity contribution in [2.75, 3.05) is 11.9 Å².